The van der Waals surface area contributed by atoms with Gasteiger partial charge in [-0.3, -0.25) is 0 Å². The van der Waals surface area contributed by atoms with Crippen molar-refractivity contribution < 1.29 is 0 Å². The first-order chi connectivity index (χ1) is 20.9. The van der Waals surface area contributed by atoms with Gasteiger partial charge in [-0.05, 0) is 96.4 Å². The Morgan fingerprint density at radius 3 is 0.857 bits per heavy atom. The molecule has 4 aliphatic carbocycles. The molecule has 1 aliphatic heterocycles. The lowest BCUT2D eigenvalue weighted by Crippen LogP contribution is -2.16. The lowest BCUT2D eigenvalue weighted by atomic mass is 10.1. The molecule has 4 N–H and O–H groups in total. The van der Waals surface area contributed by atoms with E-state index < -0.39 is 0 Å². The number of hydrogen-bond acceptors (Lipinski definition) is 4. The first kappa shape index (κ1) is 30.7. The average molecular weight is 565 g/mol. The second-order valence-electron chi connectivity index (χ2n) is 12.1. The fourth-order valence-corrected chi connectivity index (χ4v) is 6.48. The Bertz CT molecular complexity index is 1080. The summed E-state index contributed by atoms with van der Waals surface area (Å²) in [5.41, 5.74) is 11.3. The molecule has 0 aromatic rings. The molecule has 1 heterocycles. The quantitative estimate of drug-likeness (QED) is 0.176. The van der Waals surface area contributed by atoms with Gasteiger partial charge in [0.15, 0.2) is 0 Å². The fourth-order valence-electron chi connectivity index (χ4n) is 6.48. The van der Waals surface area contributed by atoms with Gasteiger partial charge in [-0.1, -0.05) is 111 Å². The summed E-state index contributed by atoms with van der Waals surface area (Å²) >= 11 is 0. The van der Waals surface area contributed by atoms with Crippen molar-refractivity contribution in [2.24, 2.45) is 0 Å². The van der Waals surface area contributed by atoms with Crippen LogP contribution < -0.4 is 21.3 Å². The van der Waals surface area contributed by atoms with E-state index in [0.717, 1.165) is 52.4 Å². The molecular formula is C38H52N4. The van der Waals surface area contributed by atoms with Crippen molar-refractivity contribution in [1.82, 2.24) is 21.3 Å². The molecule has 0 saturated heterocycles. The van der Waals surface area contributed by atoms with E-state index in [1.165, 1.54) is 109 Å². The molecule has 0 fully saturated rings. The third-order valence-electron chi connectivity index (χ3n) is 8.83. The van der Waals surface area contributed by atoms with E-state index in [9.17, 15) is 0 Å². The van der Waals surface area contributed by atoms with Gasteiger partial charge in [-0.25, -0.2) is 0 Å². The normalized spacial score (nSPS) is 18.3. The zero-order valence-corrected chi connectivity index (χ0v) is 25.7. The second kappa shape index (κ2) is 17.4. The maximum atomic E-state index is 3.73. The van der Waals surface area contributed by atoms with Crippen LogP contribution in [-0.4, -0.2) is 26.2 Å². The van der Waals surface area contributed by atoms with Gasteiger partial charge in [0.2, 0.25) is 0 Å². The molecule has 0 amide bonds. The van der Waals surface area contributed by atoms with Crippen LogP contribution in [0, 0.1) is 0 Å². The molecular weight excluding hydrogens is 512 g/mol. The van der Waals surface area contributed by atoms with Crippen LogP contribution in [0.1, 0.15) is 86.5 Å². The summed E-state index contributed by atoms with van der Waals surface area (Å²) in [5, 5.41) is 14.9. The Hall–Kier alpha value is -2.76. The van der Waals surface area contributed by atoms with Crippen LogP contribution in [-0.2, 0) is 26.2 Å². The Morgan fingerprint density at radius 2 is 0.571 bits per heavy atom. The van der Waals surface area contributed by atoms with E-state index in [0.29, 0.717) is 0 Å². The lowest BCUT2D eigenvalue weighted by molar-refractivity contribution is 0.554. The van der Waals surface area contributed by atoms with Crippen LogP contribution in [0.2, 0.25) is 0 Å². The molecule has 4 nitrogen and oxygen atoms in total. The van der Waals surface area contributed by atoms with E-state index in [1.54, 1.807) is 0 Å². The molecule has 0 saturated carbocycles. The lowest BCUT2D eigenvalue weighted by Gasteiger charge is -2.07. The first-order valence-corrected chi connectivity index (χ1v) is 16.7. The van der Waals surface area contributed by atoms with Gasteiger partial charge in [0.1, 0.15) is 0 Å². The minimum Gasteiger partial charge on any atom is -0.313 e. The summed E-state index contributed by atoms with van der Waals surface area (Å²) in [6.07, 6.45) is 12.9. The maximum absolute atomic E-state index is 3.73. The number of rotatable bonds is 0. The predicted octanol–water partition coefficient (Wildman–Crippen LogP) is 7.87. The summed E-state index contributed by atoms with van der Waals surface area (Å²) in [4.78, 5) is 0. The second-order valence-corrected chi connectivity index (χ2v) is 12.1. The standard InChI is InChI=1S/C38H52N4/c1-3-13-21-39-27-31-25-33(37-19-11-7-9-17-35(31)37)29-41-23-15-5-2-6-16-24-42-30-34-26-32(28-40-22-14-4-1)36-18-10-8-12-20-38(34)36/h7-12,17-20,25-26,39-42H,1-6,13-16,21-24,27-30H2. The summed E-state index contributed by atoms with van der Waals surface area (Å²) < 4.78 is 0. The van der Waals surface area contributed by atoms with Gasteiger partial charge in [-0.15, -0.1) is 0 Å². The summed E-state index contributed by atoms with van der Waals surface area (Å²) in [5.74, 6) is 0. The van der Waals surface area contributed by atoms with E-state index in [2.05, 4.69) is 94.1 Å². The van der Waals surface area contributed by atoms with Crippen molar-refractivity contribution in [3.8, 4) is 22.3 Å². The van der Waals surface area contributed by atoms with Crippen molar-refractivity contribution in [3.63, 3.8) is 0 Å². The first-order valence-electron chi connectivity index (χ1n) is 16.7. The fraction of sp³-hybridized carbons (Fsp3) is 0.474. The minimum absolute atomic E-state index is 0.954. The topological polar surface area (TPSA) is 48.1 Å². The molecule has 0 aromatic carbocycles. The highest BCUT2D eigenvalue weighted by Crippen LogP contribution is 2.33. The van der Waals surface area contributed by atoms with Crippen LogP contribution in [0.3, 0.4) is 0 Å². The number of nitrogens with one attached hydrogen (secondary N) is 4. The molecule has 4 heteroatoms. The van der Waals surface area contributed by atoms with Gasteiger partial charge in [-0.2, -0.15) is 0 Å². The zero-order valence-electron chi connectivity index (χ0n) is 25.7. The van der Waals surface area contributed by atoms with Crippen molar-refractivity contribution in [2.45, 2.75) is 90.4 Å². The number of fused-ring (bicyclic) bond motifs is 10. The molecule has 0 radical (unpaired) electrons. The van der Waals surface area contributed by atoms with Crippen molar-refractivity contribution >= 4 is 0 Å². The van der Waals surface area contributed by atoms with Gasteiger partial charge >= 0.3 is 0 Å². The molecule has 224 valence electrons. The minimum atomic E-state index is 0.954. The predicted molar refractivity (Wildman–Crippen MR) is 179 cm³/mol. The molecule has 0 atom stereocenters. The van der Waals surface area contributed by atoms with Crippen LogP contribution in [0.15, 0.2) is 72.8 Å². The van der Waals surface area contributed by atoms with Gasteiger partial charge < -0.3 is 21.3 Å². The molecule has 0 spiro atoms. The van der Waals surface area contributed by atoms with Crippen LogP contribution in [0.25, 0.3) is 22.3 Å². The maximum Gasteiger partial charge on any atom is 0.0211 e. The monoisotopic (exact) mass is 564 g/mol. The molecule has 5 rings (SSSR count). The molecule has 42 heavy (non-hydrogen) atoms. The van der Waals surface area contributed by atoms with Crippen LogP contribution >= 0.6 is 0 Å². The molecule has 4 bridgehead atoms. The molecule has 0 unspecified atom stereocenters. The average Bonchev–Trinajstić information content (AvgIpc) is 3.24. The highest BCUT2D eigenvalue weighted by atomic mass is 14.9. The summed E-state index contributed by atoms with van der Waals surface area (Å²) in [6.45, 7) is 8.19. The van der Waals surface area contributed by atoms with E-state index in [-0.39, 0.29) is 0 Å². The third kappa shape index (κ3) is 9.12. The largest absolute Gasteiger partial charge is 0.313 e. The number of hydrogen-bond donors (Lipinski definition) is 4. The Balaban J connectivity index is 1.14. The van der Waals surface area contributed by atoms with Crippen LogP contribution in [0.4, 0.5) is 0 Å². The highest BCUT2D eigenvalue weighted by molar-refractivity contribution is 5.75. The van der Waals surface area contributed by atoms with Gasteiger partial charge in [0, 0.05) is 26.2 Å². The highest BCUT2D eigenvalue weighted by Gasteiger charge is 2.15. The van der Waals surface area contributed by atoms with E-state index in [1.807, 2.05) is 0 Å². The smallest absolute Gasteiger partial charge is 0.0211 e. The van der Waals surface area contributed by atoms with Crippen LogP contribution in [0.5, 0.6) is 0 Å². The van der Waals surface area contributed by atoms with Crippen molar-refractivity contribution in [2.75, 3.05) is 26.2 Å². The van der Waals surface area contributed by atoms with E-state index in [4.69, 9.17) is 0 Å². The summed E-state index contributed by atoms with van der Waals surface area (Å²) in [6, 6.07) is 27.0. The SMILES string of the molecule is c1ccc2c3cc(c-2cc1)CNCCCCCCCNCc1cc(c2cccccc1-2)CNCCCCCCCNC3. The molecule has 0 aromatic heterocycles. The van der Waals surface area contributed by atoms with Gasteiger partial charge in [0.25, 0.3) is 0 Å². The third-order valence-corrected chi connectivity index (χ3v) is 8.83. The van der Waals surface area contributed by atoms with Gasteiger partial charge in [0.05, 0.1) is 0 Å². The molecule has 5 aliphatic rings. The Labute approximate surface area is 254 Å². The van der Waals surface area contributed by atoms with Crippen molar-refractivity contribution in [3.05, 3.63) is 95.1 Å². The summed E-state index contributed by atoms with van der Waals surface area (Å²) in [7, 11) is 0. The zero-order chi connectivity index (χ0) is 28.7. The Kier molecular flexibility index (Phi) is 12.7. The van der Waals surface area contributed by atoms with E-state index >= 15 is 0 Å². The Morgan fingerprint density at radius 1 is 0.310 bits per heavy atom. The van der Waals surface area contributed by atoms with Crippen molar-refractivity contribution in [1.29, 1.82) is 0 Å².